The summed E-state index contributed by atoms with van der Waals surface area (Å²) >= 11 is 1.37. The molecule has 172 valence electrons. The Balaban J connectivity index is 1.25. The van der Waals surface area contributed by atoms with Gasteiger partial charge in [0.2, 0.25) is 0 Å². The molecular formula is C27H26N4O2S. The molecule has 1 amide bonds. The molecule has 0 spiro atoms. The van der Waals surface area contributed by atoms with Gasteiger partial charge in [-0.05, 0) is 42.9 Å². The Bertz CT molecular complexity index is 1310. The van der Waals surface area contributed by atoms with E-state index in [1.807, 2.05) is 54.6 Å². The average Bonchev–Trinajstić information content (AvgIpc) is 3.27. The number of ketones is 1. The van der Waals surface area contributed by atoms with Crippen molar-refractivity contribution in [1.82, 2.24) is 14.8 Å². The van der Waals surface area contributed by atoms with Crippen LogP contribution < -0.4 is 5.32 Å². The zero-order valence-electron chi connectivity index (χ0n) is 19.0. The fourth-order valence-corrected chi connectivity index (χ4v) is 4.97. The lowest BCUT2D eigenvalue weighted by atomic mass is 10.0. The normalized spacial score (nSPS) is 14.9. The van der Waals surface area contributed by atoms with Gasteiger partial charge in [0, 0.05) is 49.4 Å². The number of fused-ring (bicyclic) bond motifs is 1. The molecule has 5 rings (SSSR count). The Hall–Kier alpha value is -3.39. The Labute approximate surface area is 202 Å². The minimum Gasteiger partial charge on any atom is -0.304 e. The molecule has 3 aromatic carbocycles. The van der Waals surface area contributed by atoms with Crippen molar-refractivity contribution in [2.24, 2.45) is 0 Å². The number of amides is 1. The van der Waals surface area contributed by atoms with Gasteiger partial charge in [-0.1, -0.05) is 53.8 Å². The lowest BCUT2D eigenvalue weighted by Crippen LogP contribution is -2.43. The number of rotatable bonds is 6. The largest absolute Gasteiger partial charge is 0.304 e. The number of carbonyl (C=O) groups excluding carboxylic acids is 2. The topological polar surface area (TPSA) is 65.5 Å². The molecule has 0 saturated carbocycles. The van der Waals surface area contributed by atoms with Gasteiger partial charge in [-0.3, -0.25) is 19.8 Å². The van der Waals surface area contributed by atoms with Crippen LogP contribution in [0, 0.1) is 0 Å². The fourth-order valence-electron chi connectivity index (χ4n) is 4.07. The van der Waals surface area contributed by atoms with Crippen molar-refractivity contribution < 1.29 is 9.59 Å². The van der Waals surface area contributed by atoms with Crippen LogP contribution in [-0.2, 0) is 6.54 Å². The quantitative estimate of drug-likeness (QED) is 0.420. The van der Waals surface area contributed by atoms with Gasteiger partial charge in [0.25, 0.3) is 5.91 Å². The summed E-state index contributed by atoms with van der Waals surface area (Å²) in [5.74, 6) is -0.219. The van der Waals surface area contributed by atoms with E-state index in [1.54, 1.807) is 18.2 Å². The third-order valence-electron chi connectivity index (χ3n) is 6.13. The number of hydrogen-bond acceptors (Lipinski definition) is 6. The van der Waals surface area contributed by atoms with Gasteiger partial charge in [0.1, 0.15) is 0 Å². The minimum atomic E-state index is -0.189. The lowest BCUT2D eigenvalue weighted by Gasteiger charge is -2.32. The second-order valence-electron chi connectivity index (χ2n) is 8.63. The standard InChI is InChI=1S/C27H26N4O2S/c1-30-13-15-31(16-14-30)18-19-7-9-21(10-8-19)26(33)29-27-28-23-12-11-22(17-24(23)34-27)25(32)20-5-3-2-4-6-20/h2-12,17H,13-16,18H2,1H3,(H,28,29,33). The lowest BCUT2D eigenvalue weighted by molar-refractivity contribution is 0.102. The summed E-state index contributed by atoms with van der Waals surface area (Å²) in [7, 11) is 2.15. The first-order valence-corrected chi connectivity index (χ1v) is 12.2. The van der Waals surface area contributed by atoms with Crippen LogP contribution in [0.2, 0.25) is 0 Å². The van der Waals surface area contributed by atoms with Crippen molar-refractivity contribution in [3.8, 4) is 0 Å². The van der Waals surface area contributed by atoms with Gasteiger partial charge in [0.05, 0.1) is 10.2 Å². The predicted octanol–water partition coefficient (Wildman–Crippen LogP) is 4.53. The van der Waals surface area contributed by atoms with Gasteiger partial charge < -0.3 is 4.90 Å². The molecular weight excluding hydrogens is 444 g/mol. The highest BCUT2D eigenvalue weighted by atomic mass is 32.1. The van der Waals surface area contributed by atoms with Crippen LogP contribution in [0.5, 0.6) is 0 Å². The monoisotopic (exact) mass is 470 g/mol. The van der Waals surface area contributed by atoms with E-state index in [0.717, 1.165) is 42.9 Å². The van der Waals surface area contributed by atoms with Crippen LogP contribution in [0.25, 0.3) is 10.2 Å². The van der Waals surface area contributed by atoms with Crippen LogP contribution in [-0.4, -0.2) is 59.7 Å². The molecule has 1 N–H and O–H groups in total. The molecule has 1 aliphatic rings. The Morgan fingerprint density at radius 2 is 1.59 bits per heavy atom. The Kier molecular flexibility index (Phi) is 6.49. The molecule has 1 saturated heterocycles. The van der Waals surface area contributed by atoms with Crippen molar-refractivity contribution in [3.63, 3.8) is 0 Å². The Morgan fingerprint density at radius 3 is 2.32 bits per heavy atom. The fraction of sp³-hybridized carbons (Fsp3) is 0.222. The van der Waals surface area contributed by atoms with E-state index in [1.165, 1.54) is 16.9 Å². The van der Waals surface area contributed by atoms with Crippen LogP contribution in [0.4, 0.5) is 5.13 Å². The zero-order chi connectivity index (χ0) is 23.5. The smallest absolute Gasteiger partial charge is 0.257 e. The van der Waals surface area contributed by atoms with Gasteiger partial charge in [-0.25, -0.2) is 4.98 Å². The average molecular weight is 471 g/mol. The van der Waals surface area contributed by atoms with Gasteiger partial charge in [-0.2, -0.15) is 0 Å². The summed E-state index contributed by atoms with van der Waals surface area (Å²) < 4.78 is 0.861. The number of aromatic nitrogens is 1. The number of likely N-dealkylation sites (N-methyl/N-ethyl adjacent to an activating group) is 1. The zero-order valence-corrected chi connectivity index (χ0v) is 19.8. The molecule has 1 aliphatic heterocycles. The van der Waals surface area contributed by atoms with Gasteiger partial charge in [-0.15, -0.1) is 0 Å². The highest BCUT2D eigenvalue weighted by molar-refractivity contribution is 7.22. The van der Waals surface area contributed by atoms with Crippen LogP contribution in [0.1, 0.15) is 31.8 Å². The molecule has 2 heterocycles. The highest BCUT2D eigenvalue weighted by Gasteiger charge is 2.15. The number of thiazole rings is 1. The van der Waals surface area contributed by atoms with Crippen molar-refractivity contribution in [2.45, 2.75) is 6.54 Å². The molecule has 0 bridgehead atoms. The van der Waals surface area contributed by atoms with Crippen molar-refractivity contribution in [2.75, 3.05) is 38.5 Å². The SMILES string of the molecule is CN1CCN(Cc2ccc(C(=O)Nc3nc4ccc(C(=O)c5ccccc5)cc4s3)cc2)CC1. The van der Waals surface area contributed by atoms with Crippen LogP contribution in [0.3, 0.4) is 0 Å². The van der Waals surface area contributed by atoms with Gasteiger partial charge >= 0.3 is 0 Å². The number of carbonyl (C=O) groups is 2. The predicted molar refractivity (Wildman–Crippen MR) is 137 cm³/mol. The number of anilines is 1. The molecule has 0 atom stereocenters. The van der Waals surface area contributed by atoms with E-state index in [2.05, 4.69) is 27.1 Å². The summed E-state index contributed by atoms with van der Waals surface area (Å²) in [4.78, 5) is 34.8. The van der Waals surface area contributed by atoms with E-state index in [9.17, 15) is 9.59 Å². The summed E-state index contributed by atoms with van der Waals surface area (Å²) in [6.45, 7) is 5.21. The summed E-state index contributed by atoms with van der Waals surface area (Å²) in [6, 6.07) is 22.4. The number of benzene rings is 3. The maximum Gasteiger partial charge on any atom is 0.257 e. The van der Waals surface area contributed by atoms with E-state index in [0.29, 0.717) is 21.8 Å². The van der Waals surface area contributed by atoms with Crippen molar-refractivity contribution in [1.29, 1.82) is 0 Å². The molecule has 1 aromatic heterocycles. The van der Waals surface area contributed by atoms with E-state index < -0.39 is 0 Å². The first-order chi connectivity index (χ1) is 16.5. The molecule has 0 radical (unpaired) electrons. The molecule has 0 aliphatic carbocycles. The van der Waals surface area contributed by atoms with E-state index in [-0.39, 0.29) is 11.7 Å². The minimum absolute atomic E-state index is 0.0295. The summed E-state index contributed by atoms with van der Waals surface area (Å²) in [6.07, 6.45) is 0. The van der Waals surface area contributed by atoms with Crippen LogP contribution >= 0.6 is 11.3 Å². The van der Waals surface area contributed by atoms with Crippen LogP contribution in [0.15, 0.2) is 72.8 Å². The third-order valence-corrected chi connectivity index (χ3v) is 7.06. The highest BCUT2D eigenvalue weighted by Crippen LogP contribution is 2.28. The molecule has 6 nitrogen and oxygen atoms in total. The van der Waals surface area contributed by atoms with Crippen molar-refractivity contribution >= 4 is 38.4 Å². The maximum atomic E-state index is 12.8. The Morgan fingerprint density at radius 1 is 0.882 bits per heavy atom. The number of nitrogens with zero attached hydrogens (tertiary/aromatic N) is 3. The van der Waals surface area contributed by atoms with Gasteiger partial charge in [0.15, 0.2) is 10.9 Å². The molecule has 7 heteroatoms. The number of piperazine rings is 1. The second-order valence-corrected chi connectivity index (χ2v) is 9.66. The molecule has 34 heavy (non-hydrogen) atoms. The molecule has 4 aromatic rings. The number of nitrogens with one attached hydrogen (secondary N) is 1. The first-order valence-electron chi connectivity index (χ1n) is 11.4. The second kappa shape index (κ2) is 9.85. The third kappa shape index (κ3) is 5.07. The first kappa shape index (κ1) is 22.4. The summed E-state index contributed by atoms with van der Waals surface area (Å²) in [5, 5.41) is 3.42. The maximum absolute atomic E-state index is 12.8. The van der Waals surface area contributed by atoms with E-state index >= 15 is 0 Å². The van der Waals surface area contributed by atoms with E-state index in [4.69, 9.17) is 0 Å². The molecule has 1 fully saturated rings. The van der Waals surface area contributed by atoms with Crippen molar-refractivity contribution in [3.05, 3.63) is 95.1 Å². The summed E-state index contributed by atoms with van der Waals surface area (Å²) in [5.41, 5.74) is 3.82. The number of hydrogen-bond donors (Lipinski definition) is 1. The molecule has 0 unspecified atom stereocenters.